The van der Waals surface area contributed by atoms with Crippen LogP contribution in [0.2, 0.25) is 6.32 Å². The zero-order valence-corrected chi connectivity index (χ0v) is 14.4. The Balaban J connectivity index is 2.06. The first kappa shape index (κ1) is 20.9. The molecule has 0 saturated carbocycles. The number of likely N-dealkylation sites (tertiary alicyclic amines) is 1. The average molecular weight is 383 g/mol. The number of amides is 1. The van der Waals surface area contributed by atoms with Crippen LogP contribution >= 0.6 is 0 Å². The van der Waals surface area contributed by atoms with E-state index >= 15 is 0 Å². The van der Waals surface area contributed by atoms with Crippen LogP contribution in [0.3, 0.4) is 0 Å². The minimum absolute atomic E-state index is 0.0646. The quantitative estimate of drug-likeness (QED) is 0.183. The number of ether oxygens (including phenoxy) is 1. The molecule has 1 fully saturated rings. The van der Waals surface area contributed by atoms with Crippen molar-refractivity contribution in [3.05, 3.63) is 23.3 Å². The largest absolute Gasteiger partial charge is 0.507 e. The summed E-state index contributed by atoms with van der Waals surface area (Å²) < 4.78 is 5.56. The Bertz CT molecular complexity index is 709. The molecule has 1 aromatic carbocycles. The SMILES string of the molecule is N[C@H](O)[C@@H](N)C(=O)N1CC(Oc2ccc(CCB(O)O)c(O)c2C(=O)O)C1. The molecular weight excluding hydrogens is 361 g/mol. The Hall–Kier alpha value is -2.38. The predicted molar refractivity (Wildman–Crippen MR) is 92.9 cm³/mol. The molecule has 0 unspecified atom stereocenters. The number of carboxylic acids is 1. The molecule has 9 N–H and O–H groups in total. The van der Waals surface area contributed by atoms with Gasteiger partial charge in [-0.05, 0) is 24.4 Å². The second kappa shape index (κ2) is 8.54. The summed E-state index contributed by atoms with van der Waals surface area (Å²) in [6.07, 6.45) is -2.01. The number of hydrogen-bond donors (Lipinski definition) is 7. The number of phenols is 1. The van der Waals surface area contributed by atoms with Gasteiger partial charge < -0.3 is 46.5 Å². The van der Waals surface area contributed by atoms with Crippen LogP contribution in [0.15, 0.2) is 12.1 Å². The third kappa shape index (κ3) is 4.87. The maximum Gasteiger partial charge on any atom is 0.451 e. The van der Waals surface area contributed by atoms with E-state index in [9.17, 15) is 19.8 Å². The number of rotatable bonds is 8. The molecule has 1 aliphatic heterocycles. The Morgan fingerprint density at radius 1 is 1.30 bits per heavy atom. The first-order valence-electron chi connectivity index (χ1n) is 8.20. The van der Waals surface area contributed by atoms with Crippen molar-refractivity contribution in [3.8, 4) is 11.5 Å². The van der Waals surface area contributed by atoms with E-state index in [1.165, 1.54) is 17.0 Å². The summed E-state index contributed by atoms with van der Waals surface area (Å²) in [7, 11) is -1.58. The number of hydrogen-bond acceptors (Lipinski definition) is 9. The lowest BCUT2D eigenvalue weighted by Crippen LogP contribution is -2.62. The number of aliphatic hydroxyl groups is 1. The highest BCUT2D eigenvalue weighted by molar-refractivity contribution is 6.41. The van der Waals surface area contributed by atoms with Crippen molar-refractivity contribution < 1.29 is 39.7 Å². The number of carboxylic acid groups (broad SMARTS) is 1. The van der Waals surface area contributed by atoms with E-state index in [1.54, 1.807) is 0 Å². The van der Waals surface area contributed by atoms with Crippen molar-refractivity contribution >= 4 is 19.0 Å². The monoisotopic (exact) mass is 383 g/mol. The van der Waals surface area contributed by atoms with E-state index in [1.807, 2.05) is 0 Å². The molecule has 11 nitrogen and oxygen atoms in total. The molecule has 148 valence electrons. The smallest absolute Gasteiger partial charge is 0.451 e. The molecular formula is C15H22BN3O8. The zero-order chi connectivity index (χ0) is 20.3. The lowest BCUT2D eigenvalue weighted by Gasteiger charge is -2.40. The van der Waals surface area contributed by atoms with Gasteiger partial charge in [-0.3, -0.25) is 4.79 Å². The van der Waals surface area contributed by atoms with E-state index in [0.29, 0.717) is 0 Å². The van der Waals surface area contributed by atoms with Crippen molar-refractivity contribution in [1.29, 1.82) is 0 Å². The van der Waals surface area contributed by atoms with Crippen molar-refractivity contribution in [1.82, 2.24) is 4.90 Å². The predicted octanol–water partition coefficient (Wildman–Crippen LogP) is -2.70. The van der Waals surface area contributed by atoms with Gasteiger partial charge in [0.25, 0.3) is 0 Å². The maximum atomic E-state index is 11.9. The Morgan fingerprint density at radius 3 is 2.44 bits per heavy atom. The fourth-order valence-corrected chi connectivity index (χ4v) is 2.64. The van der Waals surface area contributed by atoms with Crippen LogP contribution in [0, 0.1) is 0 Å². The van der Waals surface area contributed by atoms with Gasteiger partial charge in [-0.2, -0.15) is 0 Å². The Labute approximate surface area is 154 Å². The normalized spacial score (nSPS) is 16.4. The van der Waals surface area contributed by atoms with Gasteiger partial charge in [-0.25, -0.2) is 4.79 Å². The molecule has 1 saturated heterocycles. The van der Waals surface area contributed by atoms with Crippen LogP contribution in [0.25, 0.3) is 0 Å². The van der Waals surface area contributed by atoms with Gasteiger partial charge in [0, 0.05) is 0 Å². The second-order valence-corrected chi connectivity index (χ2v) is 6.27. The van der Waals surface area contributed by atoms with Gasteiger partial charge in [-0.15, -0.1) is 0 Å². The van der Waals surface area contributed by atoms with E-state index in [4.69, 9.17) is 31.4 Å². The molecule has 27 heavy (non-hydrogen) atoms. The van der Waals surface area contributed by atoms with E-state index < -0.39 is 48.7 Å². The third-order valence-electron chi connectivity index (χ3n) is 4.22. The molecule has 0 radical (unpaired) electrons. The Morgan fingerprint density at radius 2 is 1.93 bits per heavy atom. The van der Waals surface area contributed by atoms with Gasteiger partial charge in [0.15, 0.2) is 0 Å². The summed E-state index contributed by atoms with van der Waals surface area (Å²) in [5, 5.41) is 46.5. The molecule has 1 amide bonds. The molecule has 1 aromatic rings. The molecule has 0 aromatic heterocycles. The first-order valence-corrected chi connectivity index (χ1v) is 8.20. The van der Waals surface area contributed by atoms with Gasteiger partial charge >= 0.3 is 13.1 Å². The standard InChI is InChI=1S/C15H22BN3O8/c17-11(13(18)21)14(22)19-5-8(6-19)27-9-2-1-7(3-4-16(25)26)12(20)10(9)15(23)24/h1-2,8,11,13,20-21,25-26H,3-6,17-18H2,(H,23,24)/t11-,13-/m1/s1. The zero-order valence-electron chi connectivity index (χ0n) is 14.4. The average Bonchev–Trinajstić information content (AvgIpc) is 2.54. The van der Waals surface area contributed by atoms with Gasteiger partial charge in [0.1, 0.15) is 35.4 Å². The lowest BCUT2D eigenvalue weighted by molar-refractivity contribution is -0.143. The number of carbonyl (C=O) groups is 2. The number of nitrogens with two attached hydrogens (primary N) is 2. The van der Waals surface area contributed by atoms with Crippen LogP contribution < -0.4 is 16.2 Å². The molecule has 2 rings (SSSR count). The van der Waals surface area contributed by atoms with Gasteiger partial charge in [0.2, 0.25) is 5.91 Å². The van der Waals surface area contributed by atoms with Crippen LogP contribution in [-0.2, 0) is 11.2 Å². The number of aryl methyl sites for hydroxylation is 1. The maximum absolute atomic E-state index is 11.9. The number of aliphatic hydroxyl groups excluding tert-OH is 1. The molecule has 12 heteroatoms. The number of carbonyl (C=O) groups excluding carboxylic acids is 1. The minimum Gasteiger partial charge on any atom is -0.507 e. The highest BCUT2D eigenvalue weighted by atomic mass is 16.5. The van der Waals surface area contributed by atoms with Crippen LogP contribution in [0.1, 0.15) is 15.9 Å². The molecule has 0 bridgehead atoms. The van der Waals surface area contributed by atoms with Crippen LogP contribution in [0.4, 0.5) is 0 Å². The number of aromatic carboxylic acids is 1. The van der Waals surface area contributed by atoms with E-state index in [-0.39, 0.29) is 37.1 Å². The molecule has 1 aliphatic rings. The topological polar surface area (TPSA) is 200 Å². The summed E-state index contributed by atoms with van der Waals surface area (Å²) in [6, 6.07) is 1.54. The third-order valence-corrected chi connectivity index (χ3v) is 4.22. The van der Waals surface area contributed by atoms with Crippen molar-refractivity contribution in [2.75, 3.05) is 13.1 Å². The second-order valence-electron chi connectivity index (χ2n) is 6.27. The number of benzene rings is 1. The minimum atomic E-state index is -1.58. The highest BCUT2D eigenvalue weighted by Gasteiger charge is 2.37. The summed E-state index contributed by atoms with van der Waals surface area (Å²) >= 11 is 0. The Kier molecular flexibility index (Phi) is 6.62. The number of nitrogens with zero attached hydrogens (tertiary/aromatic N) is 1. The molecule has 0 spiro atoms. The highest BCUT2D eigenvalue weighted by Crippen LogP contribution is 2.34. The van der Waals surface area contributed by atoms with E-state index in [2.05, 4.69) is 0 Å². The molecule has 0 aliphatic carbocycles. The number of aromatic hydroxyl groups is 1. The summed E-state index contributed by atoms with van der Waals surface area (Å²) in [5.41, 5.74) is 10.4. The van der Waals surface area contributed by atoms with Gasteiger partial charge in [0.05, 0.1) is 13.1 Å². The molecule has 1 heterocycles. The molecule has 2 atom stereocenters. The summed E-state index contributed by atoms with van der Waals surface area (Å²) in [5.74, 6) is -2.55. The van der Waals surface area contributed by atoms with Crippen molar-refractivity contribution in [2.24, 2.45) is 11.5 Å². The van der Waals surface area contributed by atoms with Crippen LogP contribution in [-0.4, -0.2) is 80.7 Å². The first-order chi connectivity index (χ1) is 12.6. The summed E-state index contributed by atoms with van der Waals surface area (Å²) in [4.78, 5) is 24.7. The summed E-state index contributed by atoms with van der Waals surface area (Å²) in [6.45, 7) is 0.245. The van der Waals surface area contributed by atoms with Crippen molar-refractivity contribution in [2.45, 2.75) is 31.1 Å². The van der Waals surface area contributed by atoms with Crippen LogP contribution in [0.5, 0.6) is 11.5 Å². The fraction of sp³-hybridized carbons (Fsp3) is 0.467. The van der Waals surface area contributed by atoms with Gasteiger partial charge in [-0.1, -0.05) is 6.07 Å². The fourth-order valence-electron chi connectivity index (χ4n) is 2.64. The van der Waals surface area contributed by atoms with E-state index in [0.717, 1.165) is 0 Å². The lowest BCUT2D eigenvalue weighted by atomic mass is 9.82. The van der Waals surface area contributed by atoms with Crippen molar-refractivity contribution in [3.63, 3.8) is 0 Å².